The van der Waals surface area contributed by atoms with Crippen LogP contribution in [-0.2, 0) is 9.53 Å². The highest BCUT2D eigenvalue weighted by Crippen LogP contribution is 2.18. The molecule has 1 aliphatic heterocycles. The van der Waals surface area contributed by atoms with Crippen LogP contribution in [0, 0.1) is 18.3 Å². The summed E-state index contributed by atoms with van der Waals surface area (Å²) >= 11 is 0. The van der Waals surface area contributed by atoms with Gasteiger partial charge in [-0.2, -0.15) is 5.26 Å². The fraction of sp³-hybridized carbons (Fsp3) is 0.500. The largest absolute Gasteiger partial charge is 0.481 e. The molecule has 0 aromatic carbocycles. The summed E-state index contributed by atoms with van der Waals surface area (Å²) in [5.41, 5.74) is 0.963. The lowest BCUT2D eigenvalue weighted by Gasteiger charge is -2.34. The van der Waals surface area contributed by atoms with Crippen molar-refractivity contribution in [1.29, 1.82) is 5.26 Å². The minimum absolute atomic E-state index is 0.0425. The van der Waals surface area contributed by atoms with E-state index in [0.29, 0.717) is 31.4 Å². The second-order valence-corrected chi connectivity index (χ2v) is 4.33. The maximum absolute atomic E-state index is 10.9. The van der Waals surface area contributed by atoms with Crippen LogP contribution in [0.1, 0.15) is 17.8 Å². The van der Waals surface area contributed by atoms with Gasteiger partial charge in [-0.1, -0.05) is 0 Å². The first-order valence-corrected chi connectivity index (χ1v) is 5.92. The molecule has 1 fully saturated rings. The molecule has 2 rings (SSSR count). The number of morpholine rings is 1. The van der Waals surface area contributed by atoms with E-state index in [1.165, 1.54) is 0 Å². The zero-order valence-electron chi connectivity index (χ0n) is 10.5. The van der Waals surface area contributed by atoms with E-state index < -0.39 is 5.97 Å². The second kappa shape index (κ2) is 5.63. The summed E-state index contributed by atoms with van der Waals surface area (Å²) < 4.78 is 5.30. The Morgan fingerprint density at radius 1 is 1.68 bits per heavy atom. The number of carboxylic acids is 1. The van der Waals surface area contributed by atoms with E-state index >= 15 is 0 Å². The van der Waals surface area contributed by atoms with Crippen molar-refractivity contribution in [2.24, 2.45) is 0 Å². The highest BCUT2D eigenvalue weighted by atomic mass is 16.5. The number of ether oxygens (including phenoxy) is 1. The van der Waals surface area contributed by atoms with Crippen molar-refractivity contribution in [1.82, 2.24) is 9.97 Å². The Balaban J connectivity index is 2.29. The molecule has 1 aromatic heterocycles. The first-order chi connectivity index (χ1) is 9.10. The predicted octanol–water partition coefficient (Wildman–Crippen LogP) is 0.337. The molecule has 2 heterocycles. The van der Waals surface area contributed by atoms with Gasteiger partial charge in [0.1, 0.15) is 11.8 Å². The predicted molar refractivity (Wildman–Crippen MR) is 65.7 cm³/mol. The first-order valence-electron chi connectivity index (χ1n) is 5.92. The summed E-state index contributed by atoms with van der Waals surface area (Å²) in [7, 11) is 0. The first kappa shape index (κ1) is 13.2. The van der Waals surface area contributed by atoms with E-state index in [2.05, 4.69) is 9.97 Å². The summed E-state index contributed by atoms with van der Waals surface area (Å²) in [6, 6.07) is 3.27. The van der Waals surface area contributed by atoms with Crippen molar-refractivity contribution in [3.8, 4) is 6.07 Å². The van der Waals surface area contributed by atoms with Crippen LogP contribution in [0.4, 0.5) is 5.95 Å². The fourth-order valence-electron chi connectivity index (χ4n) is 2.03. The third-order valence-electron chi connectivity index (χ3n) is 2.85. The summed E-state index contributed by atoms with van der Waals surface area (Å²) in [5, 5.41) is 17.8. The lowest BCUT2D eigenvalue weighted by atomic mass is 10.1. The normalized spacial score (nSPS) is 18.9. The van der Waals surface area contributed by atoms with Crippen LogP contribution in [0.25, 0.3) is 0 Å². The van der Waals surface area contributed by atoms with Gasteiger partial charge in [-0.25, -0.2) is 9.97 Å². The van der Waals surface area contributed by atoms with Crippen molar-refractivity contribution >= 4 is 11.9 Å². The average Bonchev–Trinajstić information content (AvgIpc) is 2.38. The molecule has 1 aromatic rings. The average molecular weight is 262 g/mol. The summed E-state index contributed by atoms with van der Waals surface area (Å²) in [6.45, 7) is 3.12. The van der Waals surface area contributed by atoms with E-state index in [1.54, 1.807) is 17.9 Å². The monoisotopic (exact) mass is 262 g/mol. The molecule has 7 nitrogen and oxygen atoms in total. The number of carbonyl (C=O) groups is 1. The van der Waals surface area contributed by atoms with Gasteiger partial charge in [0.25, 0.3) is 0 Å². The minimum Gasteiger partial charge on any atom is -0.481 e. The van der Waals surface area contributed by atoms with Gasteiger partial charge < -0.3 is 14.7 Å². The maximum atomic E-state index is 10.9. The van der Waals surface area contributed by atoms with Crippen LogP contribution in [0.15, 0.2) is 6.07 Å². The SMILES string of the molecule is Cc1cc(C#N)nc(N2CCOCC2CC(=O)O)n1. The molecule has 0 aliphatic carbocycles. The molecule has 1 N–H and O–H groups in total. The summed E-state index contributed by atoms with van der Waals surface area (Å²) in [5.74, 6) is -0.500. The zero-order valence-corrected chi connectivity index (χ0v) is 10.5. The smallest absolute Gasteiger partial charge is 0.305 e. The van der Waals surface area contributed by atoms with E-state index in [9.17, 15) is 4.79 Å². The number of rotatable bonds is 3. The molecule has 0 amide bonds. The summed E-state index contributed by atoms with van der Waals surface area (Å²) in [6.07, 6.45) is -0.0425. The fourth-order valence-corrected chi connectivity index (χ4v) is 2.03. The third kappa shape index (κ3) is 3.17. The number of carboxylic acid groups (broad SMARTS) is 1. The van der Waals surface area contributed by atoms with Crippen LogP contribution < -0.4 is 4.90 Å². The van der Waals surface area contributed by atoms with Gasteiger partial charge in [-0.05, 0) is 13.0 Å². The molecule has 100 valence electrons. The van der Waals surface area contributed by atoms with Crippen molar-refractivity contribution in [2.45, 2.75) is 19.4 Å². The zero-order chi connectivity index (χ0) is 13.8. The quantitative estimate of drug-likeness (QED) is 0.838. The Hall–Kier alpha value is -2.20. The van der Waals surface area contributed by atoms with Crippen molar-refractivity contribution < 1.29 is 14.6 Å². The molecule has 7 heteroatoms. The number of nitrogens with zero attached hydrogens (tertiary/aromatic N) is 4. The number of anilines is 1. The van der Waals surface area contributed by atoms with Gasteiger partial charge in [0, 0.05) is 12.2 Å². The molecule has 0 saturated carbocycles. The molecule has 1 unspecified atom stereocenters. The Morgan fingerprint density at radius 2 is 2.47 bits per heavy atom. The summed E-state index contributed by atoms with van der Waals surface area (Å²) in [4.78, 5) is 21.1. The molecule has 0 bridgehead atoms. The molecular weight excluding hydrogens is 248 g/mol. The van der Waals surface area contributed by atoms with Gasteiger partial charge >= 0.3 is 5.97 Å². The standard InChI is InChI=1S/C12H14N4O3/c1-8-4-9(6-13)15-12(14-8)16-2-3-19-7-10(16)5-11(17)18/h4,10H,2-3,5,7H2,1H3,(H,17,18). The molecule has 1 saturated heterocycles. The number of hydrogen-bond donors (Lipinski definition) is 1. The number of nitriles is 1. The molecule has 0 radical (unpaired) electrons. The highest BCUT2D eigenvalue weighted by Gasteiger charge is 2.27. The number of hydrogen-bond acceptors (Lipinski definition) is 6. The van der Waals surface area contributed by atoms with Crippen LogP contribution in [0.2, 0.25) is 0 Å². The van der Waals surface area contributed by atoms with E-state index in [-0.39, 0.29) is 18.2 Å². The molecule has 19 heavy (non-hydrogen) atoms. The lowest BCUT2D eigenvalue weighted by molar-refractivity contribution is -0.138. The minimum atomic E-state index is -0.895. The Morgan fingerprint density at radius 3 is 3.16 bits per heavy atom. The highest BCUT2D eigenvalue weighted by molar-refractivity contribution is 5.68. The maximum Gasteiger partial charge on any atom is 0.305 e. The number of aromatic nitrogens is 2. The van der Waals surface area contributed by atoms with Crippen LogP contribution in [-0.4, -0.2) is 46.8 Å². The number of aliphatic carboxylic acids is 1. The van der Waals surface area contributed by atoms with Crippen LogP contribution in [0.3, 0.4) is 0 Å². The Labute approximate surface area is 110 Å². The van der Waals surface area contributed by atoms with Crippen molar-refractivity contribution in [2.75, 3.05) is 24.7 Å². The van der Waals surface area contributed by atoms with Gasteiger partial charge in [0.05, 0.1) is 25.7 Å². The van der Waals surface area contributed by atoms with Crippen LogP contribution in [0.5, 0.6) is 0 Å². The third-order valence-corrected chi connectivity index (χ3v) is 2.85. The Bertz CT molecular complexity index is 526. The van der Waals surface area contributed by atoms with Crippen molar-refractivity contribution in [3.05, 3.63) is 17.5 Å². The molecule has 1 aliphatic rings. The molecule has 0 spiro atoms. The van der Waals surface area contributed by atoms with Crippen LogP contribution >= 0.6 is 0 Å². The van der Waals surface area contributed by atoms with Crippen molar-refractivity contribution in [3.63, 3.8) is 0 Å². The van der Waals surface area contributed by atoms with Gasteiger partial charge in [0.2, 0.25) is 5.95 Å². The molecular formula is C12H14N4O3. The van der Waals surface area contributed by atoms with E-state index in [1.807, 2.05) is 6.07 Å². The van der Waals surface area contributed by atoms with E-state index in [0.717, 1.165) is 0 Å². The Kier molecular flexibility index (Phi) is 3.92. The lowest BCUT2D eigenvalue weighted by Crippen LogP contribution is -2.47. The van der Waals surface area contributed by atoms with Gasteiger partial charge in [0.15, 0.2) is 0 Å². The molecule has 1 atom stereocenters. The van der Waals surface area contributed by atoms with Gasteiger partial charge in [-0.3, -0.25) is 4.79 Å². The topological polar surface area (TPSA) is 99.3 Å². The second-order valence-electron chi connectivity index (χ2n) is 4.33. The van der Waals surface area contributed by atoms with Gasteiger partial charge in [-0.15, -0.1) is 0 Å². The van der Waals surface area contributed by atoms with E-state index in [4.69, 9.17) is 15.1 Å². The number of aryl methyl sites for hydroxylation is 1.